The van der Waals surface area contributed by atoms with E-state index in [1.165, 1.54) is 0 Å². The Hall–Kier alpha value is -0.650. The van der Waals surface area contributed by atoms with Crippen molar-refractivity contribution < 1.29 is 15.0 Å². The summed E-state index contributed by atoms with van der Waals surface area (Å²) in [7, 11) is 0. The predicted molar refractivity (Wildman–Crippen MR) is 54.2 cm³/mol. The minimum atomic E-state index is -0.422. The number of aliphatic hydroxyl groups excluding tert-OH is 2. The molecule has 4 N–H and O–H groups in total. The molecule has 1 amide bonds. The molecule has 5 heteroatoms. The lowest BCUT2D eigenvalue weighted by atomic mass is 10.2. The van der Waals surface area contributed by atoms with Crippen LogP contribution in [0.25, 0.3) is 0 Å². The number of carbonyl (C=O) groups is 1. The van der Waals surface area contributed by atoms with E-state index in [0.717, 1.165) is 12.8 Å². The van der Waals surface area contributed by atoms with Crippen molar-refractivity contribution in [3.8, 4) is 0 Å². The Morgan fingerprint density at radius 2 is 2.27 bits per heavy atom. The zero-order valence-electron chi connectivity index (χ0n) is 8.65. The summed E-state index contributed by atoms with van der Waals surface area (Å²) in [5, 5.41) is 24.4. The van der Waals surface area contributed by atoms with E-state index >= 15 is 0 Å². The van der Waals surface area contributed by atoms with Gasteiger partial charge in [0.2, 0.25) is 5.91 Å². The van der Waals surface area contributed by atoms with Gasteiger partial charge in [-0.3, -0.25) is 4.79 Å². The van der Waals surface area contributed by atoms with E-state index < -0.39 is 12.2 Å². The van der Waals surface area contributed by atoms with Crippen LogP contribution in [-0.4, -0.2) is 47.5 Å². The van der Waals surface area contributed by atoms with E-state index in [0.29, 0.717) is 25.4 Å². The van der Waals surface area contributed by atoms with Crippen LogP contribution in [-0.2, 0) is 4.79 Å². The van der Waals surface area contributed by atoms with E-state index in [4.69, 9.17) is 0 Å². The van der Waals surface area contributed by atoms with Gasteiger partial charge in [-0.25, -0.2) is 0 Å². The van der Waals surface area contributed by atoms with Crippen LogP contribution in [0.4, 0.5) is 0 Å². The van der Waals surface area contributed by atoms with Crippen LogP contribution in [0.2, 0.25) is 0 Å². The molecule has 5 nitrogen and oxygen atoms in total. The van der Waals surface area contributed by atoms with Crippen LogP contribution >= 0.6 is 0 Å². The topological polar surface area (TPSA) is 81.6 Å². The Kier molecular flexibility index (Phi) is 3.23. The van der Waals surface area contributed by atoms with E-state index in [1.54, 1.807) is 0 Å². The second kappa shape index (κ2) is 4.47. The normalized spacial score (nSPS) is 32.7. The molecule has 2 fully saturated rings. The van der Waals surface area contributed by atoms with Gasteiger partial charge in [-0.2, -0.15) is 0 Å². The molecule has 1 aliphatic carbocycles. The van der Waals surface area contributed by atoms with Gasteiger partial charge < -0.3 is 20.8 Å². The van der Waals surface area contributed by atoms with Crippen molar-refractivity contribution in [2.75, 3.05) is 13.1 Å². The number of aliphatic hydroxyl groups is 2. The second-order valence-corrected chi connectivity index (χ2v) is 4.50. The predicted octanol–water partition coefficient (Wildman–Crippen LogP) is -1.40. The van der Waals surface area contributed by atoms with Crippen LogP contribution in [0.1, 0.15) is 19.3 Å². The van der Waals surface area contributed by atoms with Gasteiger partial charge in [0, 0.05) is 13.1 Å². The first-order chi connectivity index (χ1) is 7.16. The SMILES string of the molecule is O=C(NCC(O)C1CC1)C1CC(O)CN1. The summed E-state index contributed by atoms with van der Waals surface area (Å²) in [6.07, 6.45) is 1.77. The molecule has 0 aromatic heterocycles. The maximum absolute atomic E-state index is 11.5. The summed E-state index contributed by atoms with van der Waals surface area (Å²) in [6, 6.07) is -0.300. The van der Waals surface area contributed by atoms with E-state index in [2.05, 4.69) is 10.6 Å². The minimum Gasteiger partial charge on any atom is -0.392 e. The van der Waals surface area contributed by atoms with E-state index in [-0.39, 0.29) is 11.9 Å². The van der Waals surface area contributed by atoms with E-state index in [9.17, 15) is 15.0 Å². The summed E-state index contributed by atoms with van der Waals surface area (Å²) < 4.78 is 0. The highest BCUT2D eigenvalue weighted by Gasteiger charge is 2.31. The molecule has 0 spiro atoms. The van der Waals surface area contributed by atoms with Gasteiger partial charge in [-0.1, -0.05) is 0 Å². The lowest BCUT2D eigenvalue weighted by molar-refractivity contribution is -0.123. The fraction of sp³-hybridized carbons (Fsp3) is 0.900. The molecule has 2 rings (SSSR count). The van der Waals surface area contributed by atoms with Crippen LogP contribution in [0, 0.1) is 5.92 Å². The van der Waals surface area contributed by atoms with Crippen molar-refractivity contribution in [3.63, 3.8) is 0 Å². The van der Waals surface area contributed by atoms with Gasteiger partial charge in [0.05, 0.1) is 18.2 Å². The molecule has 1 saturated carbocycles. The van der Waals surface area contributed by atoms with Crippen LogP contribution in [0.3, 0.4) is 0 Å². The van der Waals surface area contributed by atoms with Gasteiger partial charge in [0.1, 0.15) is 0 Å². The fourth-order valence-electron chi connectivity index (χ4n) is 1.89. The average molecular weight is 214 g/mol. The summed E-state index contributed by atoms with van der Waals surface area (Å²) in [6.45, 7) is 0.807. The Morgan fingerprint density at radius 1 is 1.53 bits per heavy atom. The van der Waals surface area contributed by atoms with Gasteiger partial charge in [0.15, 0.2) is 0 Å². The number of β-amino-alcohol motifs (C(OH)–C–C–N with tert-alkyl or cyclic N) is 1. The minimum absolute atomic E-state index is 0.119. The Morgan fingerprint density at radius 3 is 2.80 bits per heavy atom. The van der Waals surface area contributed by atoms with Crippen LogP contribution in [0.15, 0.2) is 0 Å². The highest BCUT2D eigenvalue weighted by Crippen LogP contribution is 2.32. The largest absolute Gasteiger partial charge is 0.392 e. The van der Waals surface area contributed by atoms with Crippen LogP contribution < -0.4 is 10.6 Å². The number of rotatable bonds is 4. The quantitative estimate of drug-likeness (QED) is 0.464. The molecule has 3 unspecified atom stereocenters. The third-order valence-corrected chi connectivity index (χ3v) is 3.08. The van der Waals surface area contributed by atoms with Crippen LogP contribution in [0.5, 0.6) is 0 Å². The molecular weight excluding hydrogens is 196 g/mol. The highest BCUT2D eigenvalue weighted by molar-refractivity contribution is 5.82. The Labute approximate surface area is 88.9 Å². The molecule has 1 aliphatic heterocycles. The molecular formula is C10H18N2O3. The molecule has 1 heterocycles. The summed E-state index contributed by atoms with van der Waals surface area (Å²) in [5.74, 6) is 0.263. The molecule has 2 aliphatic rings. The molecule has 0 bridgehead atoms. The number of hydrogen-bond acceptors (Lipinski definition) is 4. The van der Waals surface area contributed by atoms with Crippen molar-refractivity contribution in [1.29, 1.82) is 0 Å². The molecule has 1 saturated heterocycles. The lowest BCUT2D eigenvalue weighted by Gasteiger charge is -2.14. The van der Waals surface area contributed by atoms with Crippen molar-refractivity contribution in [2.24, 2.45) is 5.92 Å². The number of nitrogens with one attached hydrogen (secondary N) is 2. The zero-order valence-corrected chi connectivity index (χ0v) is 8.65. The maximum atomic E-state index is 11.5. The van der Waals surface area contributed by atoms with Gasteiger partial charge >= 0.3 is 0 Å². The van der Waals surface area contributed by atoms with Gasteiger partial charge in [-0.05, 0) is 25.2 Å². The monoisotopic (exact) mass is 214 g/mol. The first-order valence-electron chi connectivity index (χ1n) is 5.54. The second-order valence-electron chi connectivity index (χ2n) is 4.50. The van der Waals surface area contributed by atoms with Crippen molar-refractivity contribution in [2.45, 2.75) is 37.5 Å². The third kappa shape index (κ3) is 2.90. The zero-order chi connectivity index (χ0) is 10.8. The number of amides is 1. The Balaban J connectivity index is 1.67. The van der Waals surface area contributed by atoms with Crippen molar-refractivity contribution >= 4 is 5.91 Å². The highest BCUT2D eigenvalue weighted by atomic mass is 16.3. The third-order valence-electron chi connectivity index (χ3n) is 3.08. The lowest BCUT2D eigenvalue weighted by Crippen LogP contribution is -2.43. The number of hydrogen-bond donors (Lipinski definition) is 4. The maximum Gasteiger partial charge on any atom is 0.237 e. The molecule has 15 heavy (non-hydrogen) atoms. The smallest absolute Gasteiger partial charge is 0.237 e. The fourth-order valence-corrected chi connectivity index (χ4v) is 1.89. The van der Waals surface area contributed by atoms with E-state index in [1.807, 2.05) is 0 Å². The first kappa shape index (κ1) is 10.9. The molecule has 0 radical (unpaired) electrons. The van der Waals surface area contributed by atoms with Gasteiger partial charge in [-0.15, -0.1) is 0 Å². The Bertz CT molecular complexity index is 243. The molecule has 0 aromatic carbocycles. The van der Waals surface area contributed by atoms with Crippen molar-refractivity contribution in [3.05, 3.63) is 0 Å². The summed E-state index contributed by atoms with van der Waals surface area (Å²) in [5.41, 5.74) is 0. The summed E-state index contributed by atoms with van der Waals surface area (Å²) in [4.78, 5) is 11.5. The summed E-state index contributed by atoms with van der Waals surface area (Å²) >= 11 is 0. The van der Waals surface area contributed by atoms with Gasteiger partial charge in [0.25, 0.3) is 0 Å². The van der Waals surface area contributed by atoms with Crippen molar-refractivity contribution in [1.82, 2.24) is 10.6 Å². The average Bonchev–Trinajstić information content (AvgIpc) is 2.97. The first-order valence-corrected chi connectivity index (χ1v) is 5.54. The molecule has 0 aromatic rings. The molecule has 86 valence electrons. The molecule has 3 atom stereocenters. The number of carbonyl (C=O) groups excluding carboxylic acids is 1. The standard InChI is InChI=1S/C10H18N2O3/c13-7-3-8(11-4-7)10(15)12-5-9(14)6-1-2-6/h6-9,11,13-14H,1-5H2,(H,12,15).